The maximum Gasteiger partial charge on any atom is 0.305 e. The van der Waals surface area contributed by atoms with Gasteiger partial charge in [0.25, 0.3) is 5.91 Å². The van der Waals surface area contributed by atoms with Crippen molar-refractivity contribution in [1.82, 2.24) is 5.32 Å². The maximum atomic E-state index is 12.0. The number of aliphatic carboxylic acids is 1. The molecule has 0 radical (unpaired) electrons. The van der Waals surface area contributed by atoms with E-state index in [2.05, 4.69) is 5.32 Å². The van der Waals surface area contributed by atoms with Crippen molar-refractivity contribution < 1.29 is 14.7 Å². The molecule has 0 saturated heterocycles. The summed E-state index contributed by atoms with van der Waals surface area (Å²) in [7, 11) is 0. The summed E-state index contributed by atoms with van der Waals surface area (Å²) in [5.41, 5.74) is 1.11. The van der Waals surface area contributed by atoms with Gasteiger partial charge in [-0.3, -0.25) is 9.59 Å². The highest BCUT2D eigenvalue weighted by Crippen LogP contribution is 2.25. The monoisotopic (exact) mass is 309 g/mol. The molecule has 4 nitrogen and oxygen atoms in total. The van der Waals surface area contributed by atoms with Gasteiger partial charge in [-0.25, -0.2) is 0 Å². The number of carboxylic acids is 1. The van der Waals surface area contributed by atoms with E-state index in [1.54, 1.807) is 41.1 Å². The van der Waals surface area contributed by atoms with E-state index >= 15 is 0 Å². The number of thiophene rings is 1. The van der Waals surface area contributed by atoms with Gasteiger partial charge in [-0.05, 0) is 23.1 Å². The number of rotatable bonds is 5. The minimum absolute atomic E-state index is 0.223. The highest BCUT2D eigenvalue weighted by molar-refractivity contribution is 7.08. The molecule has 0 fully saturated rings. The molecule has 1 aromatic heterocycles. The molecule has 0 aliphatic carbocycles. The van der Waals surface area contributed by atoms with Gasteiger partial charge in [-0.1, -0.05) is 29.8 Å². The van der Waals surface area contributed by atoms with E-state index in [1.165, 1.54) is 11.3 Å². The third-order valence-electron chi connectivity index (χ3n) is 2.75. The van der Waals surface area contributed by atoms with Crippen LogP contribution in [-0.2, 0) is 4.79 Å². The van der Waals surface area contributed by atoms with Gasteiger partial charge in [0.05, 0.1) is 18.0 Å². The summed E-state index contributed by atoms with van der Waals surface area (Å²) >= 11 is 7.47. The molecule has 0 saturated carbocycles. The highest BCUT2D eigenvalue weighted by Gasteiger charge is 2.21. The average Bonchev–Trinajstić information content (AvgIpc) is 2.92. The predicted molar refractivity (Wildman–Crippen MR) is 78.2 cm³/mol. The lowest BCUT2D eigenvalue weighted by atomic mass is 10.0. The minimum atomic E-state index is -1.000. The van der Waals surface area contributed by atoms with Crippen LogP contribution in [-0.4, -0.2) is 17.0 Å². The molecule has 0 spiro atoms. The number of hydrogen-bond donors (Lipinski definition) is 2. The number of benzene rings is 1. The molecule has 1 amide bonds. The summed E-state index contributed by atoms with van der Waals surface area (Å²) in [5, 5.41) is 15.6. The van der Waals surface area contributed by atoms with Crippen molar-refractivity contribution in [3.8, 4) is 0 Å². The van der Waals surface area contributed by atoms with Crippen LogP contribution >= 0.6 is 22.9 Å². The molecule has 1 aromatic carbocycles. The second-order valence-electron chi connectivity index (χ2n) is 4.16. The molecular formula is C14H12ClNO3S. The van der Waals surface area contributed by atoms with Gasteiger partial charge in [0.2, 0.25) is 0 Å². The van der Waals surface area contributed by atoms with E-state index < -0.39 is 12.0 Å². The van der Waals surface area contributed by atoms with E-state index in [9.17, 15) is 9.59 Å². The molecule has 0 aliphatic rings. The minimum Gasteiger partial charge on any atom is -0.481 e. The number of carbonyl (C=O) groups is 2. The van der Waals surface area contributed by atoms with Gasteiger partial charge in [-0.2, -0.15) is 11.3 Å². The van der Waals surface area contributed by atoms with Crippen molar-refractivity contribution in [2.24, 2.45) is 0 Å². The van der Waals surface area contributed by atoms with Crippen LogP contribution in [0.3, 0.4) is 0 Å². The van der Waals surface area contributed by atoms with Crippen molar-refractivity contribution in [2.75, 3.05) is 0 Å². The summed E-state index contributed by atoms with van der Waals surface area (Å²) in [6.07, 6.45) is -0.223. The first-order chi connectivity index (χ1) is 9.58. The SMILES string of the molecule is O=C(O)CC(NC(=O)c1ccsc1)c1ccccc1Cl. The predicted octanol–water partition coefficient (Wildman–Crippen LogP) is 3.35. The standard InChI is InChI=1S/C14H12ClNO3S/c15-11-4-2-1-3-10(11)12(7-13(17)18)16-14(19)9-5-6-20-8-9/h1-6,8,12H,7H2,(H,16,19)(H,17,18). The van der Waals surface area contributed by atoms with E-state index in [0.29, 0.717) is 16.1 Å². The summed E-state index contributed by atoms with van der Waals surface area (Å²) in [5.74, 6) is -1.31. The summed E-state index contributed by atoms with van der Waals surface area (Å²) < 4.78 is 0. The Hall–Kier alpha value is -1.85. The smallest absolute Gasteiger partial charge is 0.305 e. The van der Waals surface area contributed by atoms with Crippen molar-refractivity contribution in [2.45, 2.75) is 12.5 Å². The molecule has 2 aromatic rings. The lowest BCUT2D eigenvalue weighted by molar-refractivity contribution is -0.137. The third-order valence-corrected chi connectivity index (χ3v) is 3.78. The first-order valence-corrected chi connectivity index (χ1v) is 7.19. The van der Waals surface area contributed by atoms with Gasteiger partial charge in [0.1, 0.15) is 0 Å². The number of amides is 1. The largest absolute Gasteiger partial charge is 0.481 e. The molecule has 1 heterocycles. The molecule has 0 bridgehead atoms. The molecule has 0 aliphatic heterocycles. The summed E-state index contributed by atoms with van der Waals surface area (Å²) in [6, 6.07) is 7.92. The van der Waals surface area contributed by atoms with E-state index in [-0.39, 0.29) is 12.3 Å². The topological polar surface area (TPSA) is 66.4 Å². The Morgan fingerprint density at radius 1 is 1.30 bits per heavy atom. The number of hydrogen-bond acceptors (Lipinski definition) is 3. The fourth-order valence-electron chi connectivity index (χ4n) is 1.81. The van der Waals surface area contributed by atoms with Crippen LogP contribution in [0.25, 0.3) is 0 Å². The van der Waals surface area contributed by atoms with Crippen LogP contribution < -0.4 is 5.32 Å². The van der Waals surface area contributed by atoms with Crippen molar-refractivity contribution >= 4 is 34.8 Å². The number of carbonyl (C=O) groups excluding carboxylic acids is 1. The molecule has 104 valence electrons. The van der Waals surface area contributed by atoms with Gasteiger partial charge < -0.3 is 10.4 Å². The van der Waals surface area contributed by atoms with E-state index in [1.807, 2.05) is 0 Å². The lowest BCUT2D eigenvalue weighted by Crippen LogP contribution is -2.30. The second-order valence-corrected chi connectivity index (χ2v) is 5.34. The molecule has 2 rings (SSSR count). The van der Waals surface area contributed by atoms with E-state index in [4.69, 9.17) is 16.7 Å². The third kappa shape index (κ3) is 3.59. The van der Waals surface area contributed by atoms with Crippen LogP contribution in [0.2, 0.25) is 5.02 Å². The Morgan fingerprint density at radius 2 is 2.05 bits per heavy atom. The molecule has 20 heavy (non-hydrogen) atoms. The maximum absolute atomic E-state index is 12.0. The molecule has 1 unspecified atom stereocenters. The number of nitrogens with one attached hydrogen (secondary N) is 1. The van der Waals surface area contributed by atoms with Crippen LogP contribution in [0.15, 0.2) is 41.1 Å². The van der Waals surface area contributed by atoms with Gasteiger partial charge in [-0.15, -0.1) is 0 Å². The van der Waals surface area contributed by atoms with Gasteiger partial charge >= 0.3 is 5.97 Å². The van der Waals surface area contributed by atoms with Crippen LogP contribution in [0.1, 0.15) is 28.4 Å². The first-order valence-electron chi connectivity index (χ1n) is 5.87. The Balaban J connectivity index is 2.22. The fourth-order valence-corrected chi connectivity index (χ4v) is 2.71. The number of carboxylic acid groups (broad SMARTS) is 1. The van der Waals surface area contributed by atoms with Crippen molar-refractivity contribution in [3.63, 3.8) is 0 Å². The fraction of sp³-hybridized carbons (Fsp3) is 0.143. The zero-order chi connectivity index (χ0) is 14.5. The molecule has 6 heteroatoms. The average molecular weight is 310 g/mol. The molecule has 1 atom stereocenters. The van der Waals surface area contributed by atoms with Gasteiger partial charge in [0, 0.05) is 10.4 Å². The van der Waals surface area contributed by atoms with Gasteiger partial charge in [0.15, 0.2) is 0 Å². The number of halogens is 1. The van der Waals surface area contributed by atoms with Crippen molar-refractivity contribution in [3.05, 3.63) is 57.2 Å². The first kappa shape index (κ1) is 14.6. The quantitative estimate of drug-likeness (QED) is 0.890. The zero-order valence-corrected chi connectivity index (χ0v) is 11.9. The molecular weight excluding hydrogens is 298 g/mol. The van der Waals surface area contributed by atoms with Crippen LogP contribution in [0, 0.1) is 0 Å². The van der Waals surface area contributed by atoms with Crippen LogP contribution in [0.4, 0.5) is 0 Å². The van der Waals surface area contributed by atoms with E-state index in [0.717, 1.165) is 0 Å². The Kier molecular flexibility index (Phi) is 4.76. The highest BCUT2D eigenvalue weighted by atomic mass is 35.5. The Morgan fingerprint density at radius 3 is 2.65 bits per heavy atom. The summed E-state index contributed by atoms with van der Waals surface area (Å²) in [4.78, 5) is 23.0. The van der Waals surface area contributed by atoms with Crippen molar-refractivity contribution in [1.29, 1.82) is 0 Å². The lowest BCUT2D eigenvalue weighted by Gasteiger charge is -2.18. The zero-order valence-electron chi connectivity index (χ0n) is 10.4. The Labute approximate surface area is 125 Å². The normalized spacial score (nSPS) is 11.8. The van der Waals surface area contributed by atoms with Crippen LogP contribution in [0.5, 0.6) is 0 Å². The molecule has 2 N–H and O–H groups in total. The summed E-state index contributed by atoms with van der Waals surface area (Å²) in [6.45, 7) is 0. The second kappa shape index (κ2) is 6.54. The Bertz CT molecular complexity index is 613.